The van der Waals surface area contributed by atoms with Gasteiger partial charge in [-0.15, -0.1) is 0 Å². The number of hydrogen-bond acceptors (Lipinski definition) is 4. The van der Waals surface area contributed by atoms with Crippen LogP contribution in [0, 0.1) is 19.7 Å². The monoisotopic (exact) mass is 263 g/mol. The maximum absolute atomic E-state index is 13.1. The maximum atomic E-state index is 13.1. The van der Waals surface area contributed by atoms with Gasteiger partial charge in [-0.05, 0) is 44.5 Å². The number of aryl methyl sites for hydroxylation is 2. The fourth-order valence-electron chi connectivity index (χ4n) is 1.89. The third-order valence-electron chi connectivity index (χ3n) is 2.79. The van der Waals surface area contributed by atoms with E-state index in [1.165, 1.54) is 12.1 Å². The molecular formula is C14H14FNO3. The highest BCUT2D eigenvalue weighted by Gasteiger charge is 2.23. The lowest BCUT2D eigenvalue weighted by Crippen LogP contribution is -2.07. The zero-order chi connectivity index (χ0) is 14.0. The van der Waals surface area contributed by atoms with Crippen molar-refractivity contribution >= 4 is 5.97 Å². The van der Waals surface area contributed by atoms with Crippen molar-refractivity contribution in [3.63, 3.8) is 0 Å². The minimum atomic E-state index is -0.486. The van der Waals surface area contributed by atoms with Crippen LogP contribution in [0.2, 0.25) is 0 Å². The van der Waals surface area contributed by atoms with Crippen LogP contribution in [0.1, 0.15) is 28.6 Å². The Morgan fingerprint density at radius 3 is 2.79 bits per heavy atom. The maximum Gasteiger partial charge on any atom is 0.344 e. The zero-order valence-electron chi connectivity index (χ0n) is 11.0. The number of halogens is 1. The first-order valence-corrected chi connectivity index (χ1v) is 5.94. The molecule has 0 saturated carbocycles. The summed E-state index contributed by atoms with van der Waals surface area (Å²) in [5.41, 5.74) is 2.00. The highest BCUT2D eigenvalue weighted by atomic mass is 19.1. The average molecular weight is 263 g/mol. The van der Waals surface area contributed by atoms with Crippen molar-refractivity contribution in [3.8, 4) is 11.3 Å². The second-order valence-corrected chi connectivity index (χ2v) is 4.14. The number of rotatable bonds is 3. The molecule has 0 aliphatic carbocycles. The van der Waals surface area contributed by atoms with Gasteiger partial charge in [0.2, 0.25) is 0 Å². The van der Waals surface area contributed by atoms with Gasteiger partial charge in [-0.25, -0.2) is 9.18 Å². The van der Waals surface area contributed by atoms with Crippen LogP contribution < -0.4 is 0 Å². The van der Waals surface area contributed by atoms with E-state index in [0.29, 0.717) is 22.6 Å². The van der Waals surface area contributed by atoms with Crippen LogP contribution >= 0.6 is 0 Å². The number of esters is 1. The van der Waals surface area contributed by atoms with Crippen molar-refractivity contribution in [2.75, 3.05) is 6.61 Å². The van der Waals surface area contributed by atoms with Crippen molar-refractivity contribution in [3.05, 3.63) is 40.9 Å². The second kappa shape index (κ2) is 5.22. The smallest absolute Gasteiger partial charge is 0.344 e. The summed E-state index contributed by atoms with van der Waals surface area (Å²) in [4.78, 5) is 11.9. The number of hydrogen-bond donors (Lipinski definition) is 0. The van der Waals surface area contributed by atoms with E-state index in [-0.39, 0.29) is 18.0 Å². The Hall–Kier alpha value is -2.17. The summed E-state index contributed by atoms with van der Waals surface area (Å²) in [7, 11) is 0. The van der Waals surface area contributed by atoms with Gasteiger partial charge in [-0.2, -0.15) is 0 Å². The lowest BCUT2D eigenvalue weighted by Gasteiger charge is -2.05. The van der Waals surface area contributed by atoms with E-state index in [1.807, 2.05) is 0 Å². The largest absolute Gasteiger partial charge is 0.462 e. The van der Waals surface area contributed by atoms with Crippen molar-refractivity contribution in [1.82, 2.24) is 5.16 Å². The number of nitrogens with zero attached hydrogens (tertiary/aromatic N) is 1. The normalized spacial score (nSPS) is 10.5. The van der Waals surface area contributed by atoms with Crippen molar-refractivity contribution in [2.24, 2.45) is 0 Å². The van der Waals surface area contributed by atoms with Gasteiger partial charge in [0.1, 0.15) is 22.8 Å². The molecule has 0 bridgehead atoms. The molecule has 0 aliphatic rings. The molecule has 0 amide bonds. The molecule has 0 saturated heterocycles. The highest BCUT2D eigenvalue weighted by Crippen LogP contribution is 2.28. The van der Waals surface area contributed by atoms with E-state index >= 15 is 0 Å². The predicted octanol–water partition coefficient (Wildman–Crippen LogP) is 3.27. The average Bonchev–Trinajstić information content (AvgIpc) is 2.71. The number of carbonyl (C=O) groups is 1. The molecule has 4 nitrogen and oxygen atoms in total. The quantitative estimate of drug-likeness (QED) is 0.797. The molecule has 0 unspecified atom stereocenters. The Balaban J connectivity index is 2.54. The summed E-state index contributed by atoms with van der Waals surface area (Å²) >= 11 is 0. The van der Waals surface area contributed by atoms with E-state index in [1.54, 1.807) is 26.8 Å². The van der Waals surface area contributed by atoms with E-state index < -0.39 is 5.97 Å². The summed E-state index contributed by atoms with van der Waals surface area (Å²) in [6.07, 6.45) is 0. The van der Waals surface area contributed by atoms with E-state index in [9.17, 15) is 9.18 Å². The molecule has 0 atom stereocenters. The Morgan fingerprint density at radius 2 is 2.16 bits per heavy atom. The molecule has 0 radical (unpaired) electrons. The molecule has 0 N–H and O–H groups in total. The standard InChI is InChI=1S/C14H14FNO3/c1-4-18-14(17)12-9(3)19-16-13(12)11-6-5-10(15)7-8(11)2/h5-7H,4H2,1-3H3. The Bertz CT molecular complexity index is 619. The SMILES string of the molecule is CCOC(=O)c1c(-c2ccc(F)cc2C)noc1C. The third-order valence-corrected chi connectivity index (χ3v) is 2.79. The van der Waals surface area contributed by atoms with Gasteiger partial charge in [-0.3, -0.25) is 0 Å². The molecule has 1 heterocycles. The van der Waals surface area contributed by atoms with Gasteiger partial charge >= 0.3 is 5.97 Å². The lowest BCUT2D eigenvalue weighted by atomic mass is 10.0. The first-order chi connectivity index (χ1) is 9.04. The molecular weight excluding hydrogens is 249 g/mol. The first-order valence-electron chi connectivity index (χ1n) is 5.94. The fraction of sp³-hybridized carbons (Fsp3) is 0.286. The van der Waals surface area contributed by atoms with Gasteiger partial charge in [-0.1, -0.05) is 5.16 Å². The molecule has 1 aromatic heterocycles. The van der Waals surface area contributed by atoms with Gasteiger partial charge in [0.05, 0.1) is 6.61 Å². The molecule has 0 spiro atoms. The van der Waals surface area contributed by atoms with E-state index in [4.69, 9.17) is 9.26 Å². The molecule has 2 aromatic rings. The second-order valence-electron chi connectivity index (χ2n) is 4.14. The molecule has 0 fully saturated rings. The van der Waals surface area contributed by atoms with E-state index in [2.05, 4.69) is 5.16 Å². The Kier molecular flexibility index (Phi) is 3.64. The molecule has 19 heavy (non-hydrogen) atoms. The summed E-state index contributed by atoms with van der Waals surface area (Å²) in [6.45, 7) is 5.38. The minimum absolute atomic E-state index is 0.269. The lowest BCUT2D eigenvalue weighted by molar-refractivity contribution is 0.0525. The van der Waals surface area contributed by atoms with Crippen LogP contribution in [0.3, 0.4) is 0 Å². The summed E-state index contributed by atoms with van der Waals surface area (Å²) in [5.74, 6) is -0.434. The van der Waals surface area contributed by atoms with E-state index in [0.717, 1.165) is 0 Å². The van der Waals surface area contributed by atoms with Crippen LogP contribution in [0.25, 0.3) is 11.3 Å². The molecule has 2 rings (SSSR count). The van der Waals surface area contributed by atoms with Crippen LogP contribution in [0.15, 0.2) is 22.7 Å². The zero-order valence-corrected chi connectivity index (χ0v) is 11.0. The summed E-state index contributed by atoms with van der Waals surface area (Å²) in [5, 5.41) is 3.88. The van der Waals surface area contributed by atoms with Crippen LogP contribution in [0.5, 0.6) is 0 Å². The molecule has 1 aromatic carbocycles. The van der Waals surface area contributed by atoms with Crippen molar-refractivity contribution in [2.45, 2.75) is 20.8 Å². The number of ether oxygens (including phenoxy) is 1. The van der Waals surface area contributed by atoms with Crippen molar-refractivity contribution in [1.29, 1.82) is 0 Å². The topological polar surface area (TPSA) is 52.3 Å². The highest BCUT2D eigenvalue weighted by molar-refractivity contribution is 5.97. The third kappa shape index (κ3) is 2.50. The number of aromatic nitrogens is 1. The summed E-state index contributed by atoms with van der Waals surface area (Å²) in [6, 6.07) is 4.28. The first kappa shape index (κ1) is 13.3. The Morgan fingerprint density at radius 1 is 1.42 bits per heavy atom. The van der Waals surface area contributed by atoms with Gasteiger partial charge in [0, 0.05) is 5.56 Å². The summed E-state index contributed by atoms with van der Waals surface area (Å²) < 4.78 is 23.2. The Labute approximate surface area is 110 Å². The van der Waals surface area contributed by atoms with Gasteiger partial charge in [0.25, 0.3) is 0 Å². The van der Waals surface area contributed by atoms with Gasteiger partial charge < -0.3 is 9.26 Å². The number of benzene rings is 1. The molecule has 0 aliphatic heterocycles. The predicted molar refractivity (Wildman–Crippen MR) is 67.3 cm³/mol. The number of carbonyl (C=O) groups excluding carboxylic acids is 1. The van der Waals surface area contributed by atoms with Gasteiger partial charge in [0.15, 0.2) is 0 Å². The fourth-order valence-corrected chi connectivity index (χ4v) is 1.89. The van der Waals surface area contributed by atoms with Crippen molar-refractivity contribution < 1.29 is 18.4 Å². The van der Waals surface area contributed by atoms with Crippen LogP contribution in [0.4, 0.5) is 4.39 Å². The molecule has 100 valence electrons. The molecule has 5 heteroatoms. The van der Waals surface area contributed by atoms with Crippen LogP contribution in [-0.2, 0) is 4.74 Å². The minimum Gasteiger partial charge on any atom is -0.462 e. The van der Waals surface area contributed by atoms with Crippen LogP contribution in [-0.4, -0.2) is 17.7 Å².